The summed E-state index contributed by atoms with van der Waals surface area (Å²) >= 11 is 0. The summed E-state index contributed by atoms with van der Waals surface area (Å²) in [6.07, 6.45) is 0. The molecule has 0 aromatic heterocycles. The lowest BCUT2D eigenvalue weighted by molar-refractivity contribution is 0.181. The van der Waals surface area contributed by atoms with E-state index in [4.69, 9.17) is 9.47 Å². The van der Waals surface area contributed by atoms with Gasteiger partial charge in [0.25, 0.3) is 0 Å². The molecule has 1 N–H and O–H groups in total. The summed E-state index contributed by atoms with van der Waals surface area (Å²) in [5, 5.41) is 11.5. The van der Waals surface area contributed by atoms with Gasteiger partial charge in [-0.1, -0.05) is 77.9 Å². The highest BCUT2D eigenvalue weighted by atomic mass is 16.5. The lowest BCUT2D eigenvalue weighted by Gasteiger charge is -2.42. The van der Waals surface area contributed by atoms with Crippen molar-refractivity contribution in [3.63, 3.8) is 0 Å². The highest BCUT2D eigenvalue weighted by Crippen LogP contribution is 2.55. The van der Waals surface area contributed by atoms with Gasteiger partial charge in [0.1, 0.15) is 11.5 Å². The number of rotatable bonds is 6. The first-order valence-corrected chi connectivity index (χ1v) is 11.9. The van der Waals surface area contributed by atoms with Crippen LogP contribution in [0.25, 0.3) is 11.1 Å². The summed E-state index contributed by atoms with van der Waals surface area (Å²) in [6, 6.07) is 27.4. The number of methoxy groups -OCH3 is 2. The van der Waals surface area contributed by atoms with Crippen molar-refractivity contribution in [1.29, 1.82) is 0 Å². The molecule has 4 aromatic rings. The minimum Gasteiger partial charge on any atom is -0.507 e. The number of phenols is 1. The van der Waals surface area contributed by atoms with Crippen molar-refractivity contribution in [2.75, 3.05) is 19.1 Å². The van der Waals surface area contributed by atoms with Gasteiger partial charge in [-0.05, 0) is 37.1 Å². The Morgan fingerprint density at radius 3 is 2.17 bits per heavy atom. The number of aromatic hydroxyl groups is 1. The quantitative estimate of drug-likeness (QED) is 0.335. The molecule has 0 spiro atoms. The molecule has 1 heterocycles. The van der Waals surface area contributed by atoms with Gasteiger partial charge in [0.2, 0.25) is 0 Å². The monoisotopic (exact) mass is 465 g/mol. The Labute approximate surface area is 207 Å². The number of anilines is 1. The first-order valence-electron chi connectivity index (χ1n) is 11.9. The smallest absolute Gasteiger partial charge is 0.129 e. The van der Waals surface area contributed by atoms with Gasteiger partial charge >= 0.3 is 0 Å². The molecule has 0 saturated heterocycles. The van der Waals surface area contributed by atoms with E-state index in [0.717, 1.165) is 40.2 Å². The van der Waals surface area contributed by atoms with Gasteiger partial charge in [-0.2, -0.15) is 0 Å². The van der Waals surface area contributed by atoms with E-state index in [1.807, 2.05) is 12.1 Å². The number of hydrogen-bond acceptors (Lipinski definition) is 4. The Bertz CT molecular complexity index is 1340. The molecule has 1 aliphatic rings. The molecule has 4 aromatic carbocycles. The zero-order valence-corrected chi connectivity index (χ0v) is 20.7. The Balaban J connectivity index is 1.80. The Morgan fingerprint density at radius 1 is 0.857 bits per heavy atom. The fourth-order valence-electron chi connectivity index (χ4n) is 5.09. The summed E-state index contributed by atoms with van der Waals surface area (Å²) in [5.41, 5.74) is 9.40. The maximum atomic E-state index is 11.5. The Morgan fingerprint density at radius 2 is 1.51 bits per heavy atom. The molecule has 0 saturated carbocycles. The van der Waals surface area contributed by atoms with Crippen molar-refractivity contribution in [3.8, 4) is 22.6 Å². The van der Waals surface area contributed by atoms with Crippen molar-refractivity contribution < 1.29 is 14.6 Å². The van der Waals surface area contributed by atoms with Crippen LogP contribution in [0.5, 0.6) is 11.5 Å². The normalized spacial score (nSPS) is 14.4. The number of aryl methyl sites for hydroxylation is 2. The van der Waals surface area contributed by atoms with E-state index in [1.54, 1.807) is 14.2 Å². The predicted molar refractivity (Wildman–Crippen MR) is 141 cm³/mol. The van der Waals surface area contributed by atoms with Crippen molar-refractivity contribution in [1.82, 2.24) is 0 Å². The number of para-hydroxylation sites is 1. The number of phenolic OH excluding ortho intramolecular Hbond substituents is 1. The van der Waals surface area contributed by atoms with Gasteiger partial charge in [0.15, 0.2) is 0 Å². The molecule has 1 unspecified atom stereocenters. The molecule has 1 atom stereocenters. The van der Waals surface area contributed by atoms with Gasteiger partial charge in [0, 0.05) is 41.6 Å². The second-order valence-electron chi connectivity index (χ2n) is 9.25. The van der Waals surface area contributed by atoms with Crippen molar-refractivity contribution >= 4 is 5.69 Å². The number of nitrogens with zero attached hydrogens (tertiary/aromatic N) is 1. The van der Waals surface area contributed by atoms with Crippen LogP contribution in [0.2, 0.25) is 0 Å². The zero-order valence-electron chi connectivity index (χ0n) is 20.7. The summed E-state index contributed by atoms with van der Waals surface area (Å²) in [7, 11) is 3.33. The van der Waals surface area contributed by atoms with E-state index in [1.165, 1.54) is 16.7 Å². The number of hydrogen-bond donors (Lipinski definition) is 1. The SMILES string of the molecule is COCc1cc(OC)c2c(c1O)-c1ccccc1N(Cc1ccc(C)cc1)C2c1ccc(C)cc1. The van der Waals surface area contributed by atoms with Gasteiger partial charge in [-0.25, -0.2) is 0 Å². The van der Waals surface area contributed by atoms with Crippen LogP contribution in [-0.2, 0) is 17.9 Å². The lowest BCUT2D eigenvalue weighted by atomic mass is 9.82. The summed E-state index contributed by atoms with van der Waals surface area (Å²) < 4.78 is 11.4. The van der Waals surface area contributed by atoms with Crippen molar-refractivity contribution in [2.24, 2.45) is 0 Å². The van der Waals surface area contributed by atoms with E-state index >= 15 is 0 Å². The average Bonchev–Trinajstić information content (AvgIpc) is 2.87. The van der Waals surface area contributed by atoms with Crippen LogP contribution >= 0.6 is 0 Å². The van der Waals surface area contributed by atoms with Crippen LogP contribution < -0.4 is 9.64 Å². The first kappa shape index (κ1) is 23.0. The minimum atomic E-state index is -0.140. The molecule has 0 bridgehead atoms. The van der Waals surface area contributed by atoms with Crippen LogP contribution in [-0.4, -0.2) is 19.3 Å². The first-order chi connectivity index (χ1) is 17.0. The van der Waals surface area contributed by atoms with Gasteiger partial charge in [0.05, 0.1) is 19.8 Å². The molecular formula is C31H31NO3. The molecule has 178 valence electrons. The van der Waals surface area contributed by atoms with E-state index in [9.17, 15) is 5.11 Å². The molecular weight excluding hydrogens is 434 g/mol. The molecule has 0 radical (unpaired) electrons. The van der Waals surface area contributed by atoms with Gasteiger partial charge < -0.3 is 19.5 Å². The molecule has 4 nitrogen and oxygen atoms in total. The standard InChI is InChI=1S/C31H31NO3/c1-20-9-13-22(14-10-20)18-32-26-8-6-5-7-25(26)28-29(30(32)23-15-11-21(2)12-16-23)27(35-4)17-24(19-34-3)31(28)33/h5-17,30,33H,18-19H2,1-4H3. The molecule has 1 aliphatic heterocycles. The molecule has 0 amide bonds. The highest BCUT2D eigenvalue weighted by molar-refractivity contribution is 5.91. The van der Waals surface area contributed by atoms with Crippen LogP contribution in [0.1, 0.15) is 39.4 Å². The molecule has 35 heavy (non-hydrogen) atoms. The second kappa shape index (κ2) is 9.47. The highest BCUT2D eigenvalue weighted by Gasteiger charge is 2.37. The fraction of sp³-hybridized carbons (Fsp3) is 0.226. The zero-order chi connectivity index (χ0) is 24.5. The largest absolute Gasteiger partial charge is 0.507 e. The second-order valence-corrected chi connectivity index (χ2v) is 9.25. The molecule has 4 heteroatoms. The van der Waals surface area contributed by atoms with E-state index in [0.29, 0.717) is 12.2 Å². The topological polar surface area (TPSA) is 41.9 Å². The van der Waals surface area contributed by atoms with Gasteiger partial charge in [-0.15, -0.1) is 0 Å². The van der Waals surface area contributed by atoms with Crippen LogP contribution in [0.15, 0.2) is 78.9 Å². The number of benzene rings is 4. The lowest BCUT2D eigenvalue weighted by Crippen LogP contribution is -2.33. The van der Waals surface area contributed by atoms with Crippen molar-refractivity contribution in [3.05, 3.63) is 112 Å². The van der Waals surface area contributed by atoms with E-state index in [2.05, 4.69) is 85.5 Å². The van der Waals surface area contributed by atoms with Crippen LogP contribution in [0, 0.1) is 13.8 Å². The third-order valence-electron chi connectivity index (χ3n) is 6.84. The minimum absolute atomic E-state index is 0.140. The summed E-state index contributed by atoms with van der Waals surface area (Å²) in [6.45, 7) is 5.23. The Hall–Kier alpha value is -3.76. The molecule has 0 fully saturated rings. The number of fused-ring (bicyclic) bond motifs is 3. The molecule has 0 aliphatic carbocycles. The summed E-state index contributed by atoms with van der Waals surface area (Å²) in [4.78, 5) is 2.42. The fourth-order valence-corrected chi connectivity index (χ4v) is 5.09. The van der Waals surface area contributed by atoms with E-state index in [-0.39, 0.29) is 11.8 Å². The summed E-state index contributed by atoms with van der Waals surface area (Å²) in [5.74, 6) is 1.00. The average molecular weight is 466 g/mol. The molecule has 5 rings (SSSR count). The van der Waals surface area contributed by atoms with Crippen molar-refractivity contribution in [2.45, 2.75) is 33.0 Å². The number of ether oxygens (including phenoxy) is 2. The third-order valence-corrected chi connectivity index (χ3v) is 6.84. The van der Waals surface area contributed by atoms with E-state index < -0.39 is 0 Å². The Kier molecular flexibility index (Phi) is 6.23. The maximum absolute atomic E-state index is 11.5. The van der Waals surface area contributed by atoms with Crippen LogP contribution in [0.4, 0.5) is 5.69 Å². The third kappa shape index (κ3) is 4.15. The maximum Gasteiger partial charge on any atom is 0.129 e. The predicted octanol–water partition coefficient (Wildman–Crippen LogP) is 6.94. The van der Waals surface area contributed by atoms with Gasteiger partial charge in [-0.3, -0.25) is 0 Å². The van der Waals surface area contributed by atoms with Crippen LogP contribution in [0.3, 0.4) is 0 Å².